The van der Waals surface area contributed by atoms with E-state index in [1.807, 2.05) is 0 Å². The van der Waals surface area contributed by atoms with Gasteiger partial charge in [-0.1, -0.05) is 37.3 Å². The summed E-state index contributed by atoms with van der Waals surface area (Å²) in [6.45, 7) is 1.77. The van der Waals surface area contributed by atoms with Gasteiger partial charge in [-0.05, 0) is 23.3 Å². The van der Waals surface area contributed by atoms with Crippen LogP contribution in [0, 0.1) is 11.3 Å². The molecule has 0 aliphatic rings. The van der Waals surface area contributed by atoms with Gasteiger partial charge in [-0.2, -0.15) is 5.26 Å². The highest BCUT2D eigenvalue weighted by Gasteiger charge is 2.17. The molecule has 5 heteroatoms. The summed E-state index contributed by atoms with van der Waals surface area (Å²) in [5.41, 5.74) is 1.70. The molecule has 0 saturated carbocycles. The Balaban J connectivity index is 2.26. The van der Waals surface area contributed by atoms with Crippen LogP contribution < -0.4 is 0 Å². The van der Waals surface area contributed by atoms with Crippen molar-refractivity contribution in [2.45, 2.75) is 26.2 Å². The number of hydrogen-bond donors (Lipinski definition) is 1. The van der Waals surface area contributed by atoms with Gasteiger partial charge in [-0.15, -0.1) is 0 Å². The molecule has 0 amide bonds. The van der Waals surface area contributed by atoms with Gasteiger partial charge in [0.2, 0.25) is 0 Å². The van der Waals surface area contributed by atoms with E-state index in [1.54, 1.807) is 37.3 Å². The number of benzene rings is 2. The van der Waals surface area contributed by atoms with Gasteiger partial charge < -0.3 is 5.11 Å². The molecule has 1 N–H and O–H groups in total. The maximum atomic E-state index is 12.4. The summed E-state index contributed by atoms with van der Waals surface area (Å²) in [6, 6.07) is 13.0. The maximum Gasteiger partial charge on any atom is 0.336 e. The molecule has 0 aliphatic carbocycles. The lowest BCUT2D eigenvalue weighted by Crippen LogP contribution is -2.11. The third kappa shape index (κ3) is 4.39. The van der Waals surface area contributed by atoms with Gasteiger partial charge in [-0.3, -0.25) is 9.59 Å². The van der Waals surface area contributed by atoms with Gasteiger partial charge in [0.1, 0.15) is 5.78 Å². The van der Waals surface area contributed by atoms with E-state index in [1.165, 1.54) is 12.1 Å². The maximum absolute atomic E-state index is 12.4. The fraction of sp³-hybridized carbons (Fsp3) is 0.200. The van der Waals surface area contributed by atoms with Crippen molar-refractivity contribution >= 4 is 17.5 Å². The Morgan fingerprint density at radius 1 is 1.04 bits per heavy atom. The number of nitrogens with zero attached hydrogens (tertiary/aromatic N) is 1. The second-order valence-electron chi connectivity index (χ2n) is 5.62. The Morgan fingerprint density at radius 2 is 1.72 bits per heavy atom. The molecule has 5 nitrogen and oxygen atoms in total. The second kappa shape index (κ2) is 8.02. The predicted octanol–water partition coefficient (Wildman–Crippen LogP) is 3.20. The molecule has 0 fully saturated rings. The molecule has 0 heterocycles. The fourth-order valence-corrected chi connectivity index (χ4v) is 2.52. The molecule has 0 unspecified atom stereocenters. The van der Waals surface area contributed by atoms with Crippen LogP contribution >= 0.6 is 0 Å². The summed E-state index contributed by atoms with van der Waals surface area (Å²) < 4.78 is 0. The lowest BCUT2D eigenvalue weighted by molar-refractivity contribution is -0.118. The Morgan fingerprint density at radius 3 is 2.32 bits per heavy atom. The van der Waals surface area contributed by atoms with E-state index in [0.717, 1.165) is 0 Å². The summed E-state index contributed by atoms with van der Waals surface area (Å²) in [5.74, 6) is -1.45. The van der Waals surface area contributed by atoms with Crippen molar-refractivity contribution < 1.29 is 19.5 Å². The number of ketones is 2. The number of carbonyl (C=O) groups is 3. The molecule has 0 aromatic heterocycles. The van der Waals surface area contributed by atoms with Crippen molar-refractivity contribution in [3.05, 3.63) is 70.3 Å². The average molecular weight is 335 g/mol. The predicted molar refractivity (Wildman–Crippen MR) is 91.6 cm³/mol. The second-order valence-corrected chi connectivity index (χ2v) is 5.62. The third-order valence-electron chi connectivity index (χ3n) is 3.90. The Kier molecular flexibility index (Phi) is 5.80. The van der Waals surface area contributed by atoms with Gasteiger partial charge in [0.25, 0.3) is 0 Å². The topological polar surface area (TPSA) is 95.2 Å². The van der Waals surface area contributed by atoms with Crippen molar-refractivity contribution in [2.75, 3.05) is 0 Å². The van der Waals surface area contributed by atoms with Crippen LogP contribution in [0.4, 0.5) is 0 Å². The minimum absolute atomic E-state index is 0.0129. The van der Waals surface area contributed by atoms with Crippen LogP contribution in [0.1, 0.15) is 50.8 Å². The van der Waals surface area contributed by atoms with E-state index in [9.17, 15) is 24.8 Å². The number of carboxylic acids is 1. The summed E-state index contributed by atoms with van der Waals surface area (Å²) in [6.07, 6.45) is 0.577. The minimum Gasteiger partial charge on any atom is -0.478 e. The minimum atomic E-state index is -1.16. The number of Topliss-reactive ketones (excluding diaryl/α,β-unsaturated/α-hetero) is 2. The van der Waals surface area contributed by atoms with Crippen LogP contribution in [-0.4, -0.2) is 22.6 Å². The fourth-order valence-electron chi connectivity index (χ4n) is 2.52. The number of carboxylic acid groups (broad SMARTS) is 1. The summed E-state index contributed by atoms with van der Waals surface area (Å²) in [7, 11) is 0. The molecule has 2 rings (SSSR count). The molecule has 126 valence electrons. The molecule has 25 heavy (non-hydrogen) atoms. The first-order valence-corrected chi connectivity index (χ1v) is 7.85. The lowest BCUT2D eigenvalue weighted by Gasteiger charge is -2.08. The first-order valence-electron chi connectivity index (χ1n) is 7.85. The third-order valence-corrected chi connectivity index (χ3v) is 3.90. The number of nitriles is 1. The SMILES string of the molecule is CCC(=O)Cc1ccc(CC(=O)c2ccccc2C(=O)O)cc1C#N. The van der Waals surface area contributed by atoms with Crippen LogP contribution in [0.2, 0.25) is 0 Å². The highest BCUT2D eigenvalue weighted by Crippen LogP contribution is 2.17. The summed E-state index contributed by atoms with van der Waals surface area (Å²) >= 11 is 0. The van der Waals surface area contributed by atoms with Crippen molar-refractivity contribution in [3.63, 3.8) is 0 Å². The average Bonchev–Trinajstić information content (AvgIpc) is 2.62. The quantitative estimate of drug-likeness (QED) is 0.784. The molecule has 0 aliphatic heterocycles. The van der Waals surface area contributed by atoms with E-state index in [-0.39, 0.29) is 35.5 Å². The molecule has 2 aromatic rings. The molecule has 0 atom stereocenters. The number of carbonyl (C=O) groups excluding carboxylic acids is 2. The number of aromatic carboxylic acids is 1. The summed E-state index contributed by atoms with van der Waals surface area (Å²) in [4.78, 5) is 35.3. The zero-order valence-corrected chi connectivity index (χ0v) is 13.8. The van der Waals surface area contributed by atoms with E-state index in [4.69, 9.17) is 0 Å². The van der Waals surface area contributed by atoms with E-state index >= 15 is 0 Å². The number of hydrogen-bond acceptors (Lipinski definition) is 4. The van der Waals surface area contributed by atoms with E-state index < -0.39 is 5.97 Å². The lowest BCUT2D eigenvalue weighted by atomic mass is 9.95. The van der Waals surface area contributed by atoms with Crippen molar-refractivity contribution in [3.8, 4) is 6.07 Å². The van der Waals surface area contributed by atoms with Crippen molar-refractivity contribution in [2.24, 2.45) is 0 Å². The molecule has 0 saturated heterocycles. The van der Waals surface area contributed by atoms with E-state index in [0.29, 0.717) is 23.1 Å². The molecule has 0 spiro atoms. The normalized spacial score (nSPS) is 10.1. The molecular formula is C20H17NO4. The largest absolute Gasteiger partial charge is 0.478 e. The smallest absolute Gasteiger partial charge is 0.336 e. The molecule has 0 bridgehead atoms. The first-order chi connectivity index (χ1) is 12.0. The molecule has 0 radical (unpaired) electrons. The summed E-state index contributed by atoms with van der Waals surface area (Å²) in [5, 5.41) is 18.5. The van der Waals surface area contributed by atoms with Gasteiger partial charge >= 0.3 is 5.97 Å². The zero-order chi connectivity index (χ0) is 18.4. The Bertz CT molecular complexity index is 878. The molecule has 2 aromatic carbocycles. The molecular weight excluding hydrogens is 318 g/mol. The van der Waals surface area contributed by atoms with E-state index in [2.05, 4.69) is 6.07 Å². The van der Waals surface area contributed by atoms with Crippen LogP contribution in [0.3, 0.4) is 0 Å². The van der Waals surface area contributed by atoms with Crippen LogP contribution in [0.5, 0.6) is 0 Å². The monoisotopic (exact) mass is 335 g/mol. The van der Waals surface area contributed by atoms with Gasteiger partial charge in [-0.25, -0.2) is 4.79 Å². The van der Waals surface area contributed by atoms with Crippen LogP contribution in [-0.2, 0) is 17.6 Å². The first kappa shape index (κ1) is 18.1. The standard InChI is InChI=1S/C20H17NO4/c1-2-16(22)11-14-8-7-13(9-15(14)12-21)10-19(23)17-5-3-4-6-18(17)20(24)25/h3-9H,2,10-11H2,1H3,(H,24,25). The highest BCUT2D eigenvalue weighted by atomic mass is 16.4. The zero-order valence-electron chi connectivity index (χ0n) is 13.8. The van der Waals surface area contributed by atoms with Gasteiger partial charge in [0, 0.05) is 24.8 Å². The Hall–Kier alpha value is -3.26. The van der Waals surface area contributed by atoms with Crippen LogP contribution in [0.25, 0.3) is 0 Å². The Labute approximate surface area is 145 Å². The van der Waals surface area contributed by atoms with Crippen molar-refractivity contribution in [1.82, 2.24) is 0 Å². The van der Waals surface area contributed by atoms with Gasteiger partial charge in [0.05, 0.1) is 17.2 Å². The van der Waals surface area contributed by atoms with Crippen LogP contribution in [0.15, 0.2) is 42.5 Å². The number of rotatable bonds is 7. The van der Waals surface area contributed by atoms with Gasteiger partial charge in [0.15, 0.2) is 5.78 Å². The highest BCUT2D eigenvalue weighted by molar-refractivity contribution is 6.06. The van der Waals surface area contributed by atoms with Crippen molar-refractivity contribution in [1.29, 1.82) is 5.26 Å².